The van der Waals surface area contributed by atoms with Gasteiger partial charge in [-0.25, -0.2) is 4.98 Å². The molecule has 130 valence electrons. The Labute approximate surface area is 141 Å². The molecule has 2 aliphatic rings. The summed E-state index contributed by atoms with van der Waals surface area (Å²) in [5.74, 6) is 0.0909. The number of aromatic nitrogens is 2. The summed E-state index contributed by atoms with van der Waals surface area (Å²) in [6.45, 7) is 5.07. The number of hydrogen-bond acceptors (Lipinski definition) is 4. The molecule has 1 aliphatic carbocycles. The Bertz CT molecular complexity index is 713. The average Bonchev–Trinajstić information content (AvgIpc) is 2.57. The van der Waals surface area contributed by atoms with Crippen molar-refractivity contribution in [3.05, 3.63) is 34.0 Å². The third-order valence-corrected chi connectivity index (χ3v) is 4.97. The fourth-order valence-corrected chi connectivity index (χ4v) is 3.44. The Balaban J connectivity index is 1.72. The molecule has 1 aromatic heterocycles. The van der Waals surface area contributed by atoms with Crippen LogP contribution in [0.3, 0.4) is 0 Å². The number of nitrogens with zero attached hydrogens (tertiary/aromatic N) is 3. The molecular weight excluding hydrogens is 306 g/mol. The SMILES string of the molecule is CC(C)C(=O)N1CCC(O)(Cn2cnc3c(c2=O)CCC=C3)CC1. The summed E-state index contributed by atoms with van der Waals surface area (Å²) in [6, 6.07) is 0. The van der Waals surface area contributed by atoms with Crippen molar-refractivity contribution in [2.45, 2.75) is 51.7 Å². The maximum Gasteiger partial charge on any atom is 0.257 e. The molecule has 2 heterocycles. The van der Waals surface area contributed by atoms with Gasteiger partial charge in [0.1, 0.15) is 0 Å². The number of piperidine rings is 1. The van der Waals surface area contributed by atoms with Gasteiger partial charge in [-0.15, -0.1) is 0 Å². The van der Waals surface area contributed by atoms with Crippen molar-refractivity contribution in [3.8, 4) is 0 Å². The van der Waals surface area contributed by atoms with Gasteiger partial charge in [-0.2, -0.15) is 0 Å². The van der Waals surface area contributed by atoms with Gasteiger partial charge in [0.05, 0.1) is 24.2 Å². The zero-order valence-corrected chi connectivity index (χ0v) is 14.4. The topological polar surface area (TPSA) is 75.4 Å². The van der Waals surface area contributed by atoms with Crippen LogP contribution in [0.25, 0.3) is 6.08 Å². The summed E-state index contributed by atoms with van der Waals surface area (Å²) < 4.78 is 1.53. The molecule has 3 rings (SSSR count). The molecule has 6 heteroatoms. The van der Waals surface area contributed by atoms with Crippen molar-refractivity contribution >= 4 is 12.0 Å². The van der Waals surface area contributed by atoms with Gasteiger partial charge in [-0.3, -0.25) is 14.2 Å². The van der Waals surface area contributed by atoms with Gasteiger partial charge in [0.25, 0.3) is 5.56 Å². The van der Waals surface area contributed by atoms with Crippen molar-refractivity contribution in [2.24, 2.45) is 5.92 Å². The fraction of sp³-hybridized carbons (Fsp3) is 0.611. The normalized spacial score (nSPS) is 19.4. The van der Waals surface area contributed by atoms with E-state index in [1.807, 2.05) is 26.0 Å². The second-order valence-corrected chi connectivity index (χ2v) is 7.19. The van der Waals surface area contributed by atoms with E-state index in [-0.39, 0.29) is 23.9 Å². The lowest BCUT2D eigenvalue weighted by atomic mass is 9.90. The molecule has 1 N–H and O–H groups in total. The van der Waals surface area contributed by atoms with Crippen LogP contribution in [0.2, 0.25) is 0 Å². The highest BCUT2D eigenvalue weighted by atomic mass is 16.3. The third kappa shape index (κ3) is 3.29. The van der Waals surface area contributed by atoms with E-state index >= 15 is 0 Å². The predicted octanol–water partition coefficient (Wildman–Crippen LogP) is 1.21. The Morgan fingerprint density at radius 1 is 1.38 bits per heavy atom. The standard InChI is InChI=1S/C18H25N3O3/c1-13(2)16(22)20-9-7-18(24,8-10-20)11-21-12-19-15-6-4-3-5-14(15)17(21)23/h4,6,12-13,24H,3,5,7-11H2,1-2H3. The zero-order chi connectivity index (χ0) is 17.3. The highest BCUT2D eigenvalue weighted by Gasteiger charge is 2.35. The van der Waals surface area contributed by atoms with E-state index in [1.54, 1.807) is 4.90 Å². The van der Waals surface area contributed by atoms with Crippen molar-refractivity contribution < 1.29 is 9.90 Å². The molecule has 1 aliphatic heterocycles. The van der Waals surface area contributed by atoms with Gasteiger partial charge < -0.3 is 10.0 Å². The van der Waals surface area contributed by atoms with E-state index in [9.17, 15) is 14.7 Å². The number of hydrogen-bond donors (Lipinski definition) is 1. The summed E-state index contributed by atoms with van der Waals surface area (Å²) >= 11 is 0. The lowest BCUT2D eigenvalue weighted by molar-refractivity contribution is -0.139. The van der Waals surface area contributed by atoms with E-state index in [4.69, 9.17) is 0 Å². The van der Waals surface area contributed by atoms with Crippen LogP contribution in [-0.4, -0.2) is 44.2 Å². The number of likely N-dealkylation sites (tertiary alicyclic amines) is 1. The summed E-state index contributed by atoms with van der Waals surface area (Å²) in [5, 5.41) is 10.9. The molecule has 1 fully saturated rings. The number of rotatable bonds is 3. The first-order chi connectivity index (χ1) is 11.4. The van der Waals surface area contributed by atoms with Gasteiger partial charge in [0, 0.05) is 24.6 Å². The Kier molecular flexibility index (Phi) is 4.58. The summed E-state index contributed by atoms with van der Waals surface area (Å²) in [6.07, 6.45) is 7.95. The molecule has 24 heavy (non-hydrogen) atoms. The average molecular weight is 331 g/mol. The minimum atomic E-state index is -0.960. The van der Waals surface area contributed by atoms with Gasteiger partial charge in [-0.1, -0.05) is 19.9 Å². The highest BCUT2D eigenvalue weighted by molar-refractivity contribution is 5.78. The number of amides is 1. The van der Waals surface area contributed by atoms with Crippen LogP contribution < -0.4 is 5.56 Å². The predicted molar refractivity (Wildman–Crippen MR) is 91.5 cm³/mol. The Morgan fingerprint density at radius 3 is 2.75 bits per heavy atom. The molecule has 0 atom stereocenters. The molecule has 0 unspecified atom stereocenters. The molecule has 0 bridgehead atoms. The van der Waals surface area contributed by atoms with Crippen LogP contribution in [0.5, 0.6) is 0 Å². The molecule has 1 saturated heterocycles. The van der Waals surface area contributed by atoms with Crippen LogP contribution in [-0.2, 0) is 17.8 Å². The Hall–Kier alpha value is -1.95. The summed E-state index contributed by atoms with van der Waals surface area (Å²) in [5.41, 5.74) is 0.458. The van der Waals surface area contributed by atoms with E-state index in [2.05, 4.69) is 4.98 Å². The largest absolute Gasteiger partial charge is 0.388 e. The molecule has 0 radical (unpaired) electrons. The number of carbonyl (C=O) groups is 1. The van der Waals surface area contributed by atoms with Gasteiger partial charge in [-0.05, 0) is 31.8 Å². The molecule has 0 aromatic carbocycles. The molecule has 1 aromatic rings. The molecular formula is C18H25N3O3. The number of aliphatic hydroxyl groups is 1. The monoisotopic (exact) mass is 331 g/mol. The van der Waals surface area contributed by atoms with Crippen LogP contribution in [0.15, 0.2) is 17.2 Å². The van der Waals surface area contributed by atoms with Crippen LogP contribution in [0.1, 0.15) is 44.4 Å². The lowest BCUT2D eigenvalue weighted by Crippen LogP contribution is -2.50. The number of allylic oxidation sites excluding steroid dienone is 1. The van der Waals surface area contributed by atoms with Crippen molar-refractivity contribution in [3.63, 3.8) is 0 Å². The van der Waals surface area contributed by atoms with Crippen LogP contribution in [0, 0.1) is 5.92 Å². The molecule has 1 amide bonds. The maximum absolute atomic E-state index is 12.6. The van der Waals surface area contributed by atoms with Crippen molar-refractivity contribution in [1.82, 2.24) is 14.5 Å². The fourth-order valence-electron chi connectivity index (χ4n) is 3.44. The molecule has 0 spiro atoms. The summed E-state index contributed by atoms with van der Waals surface area (Å²) in [7, 11) is 0. The highest BCUT2D eigenvalue weighted by Crippen LogP contribution is 2.25. The molecule has 0 saturated carbocycles. The third-order valence-electron chi connectivity index (χ3n) is 4.97. The minimum absolute atomic E-state index is 0.0308. The molecule has 6 nitrogen and oxygen atoms in total. The van der Waals surface area contributed by atoms with Gasteiger partial charge in [0.2, 0.25) is 5.91 Å². The van der Waals surface area contributed by atoms with E-state index in [1.165, 1.54) is 10.9 Å². The van der Waals surface area contributed by atoms with Crippen molar-refractivity contribution in [1.29, 1.82) is 0 Å². The number of fused-ring (bicyclic) bond motifs is 1. The first-order valence-electron chi connectivity index (χ1n) is 8.66. The van der Waals surface area contributed by atoms with E-state index < -0.39 is 5.60 Å². The summed E-state index contributed by atoms with van der Waals surface area (Å²) in [4.78, 5) is 30.8. The first-order valence-corrected chi connectivity index (χ1v) is 8.66. The van der Waals surface area contributed by atoms with Crippen molar-refractivity contribution in [2.75, 3.05) is 13.1 Å². The van der Waals surface area contributed by atoms with Crippen LogP contribution in [0.4, 0.5) is 0 Å². The van der Waals surface area contributed by atoms with Gasteiger partial charge in [0.15, 0.2) is 0 Å². The van der Waals surface area contributed by atoms with Gasteiger partial charge >= 0.3 is 0 Å². The Morgan fingerprint density at radius 2 is 2.08 bits per heavy atom. The first kappa shape index (κ1) is 16.9. The van der Waals surface area contributed by atoms with Crippen LogP contribution >= 0.6 is 0 Å². The smallest absolute Gasteiger partial charge is 0.257 e. The minimum Gasteiger partial charge on any atom is -0.388 e. The van der Waals surface area contributed by atoms with E-state index in [0.717, 1.165) is 17.7 Å². The zero-order valence-electron chi connectivity index (χ0n) is 14.4. The quantitative estimate of drug-likeness (QED) is 0.903. The van der Waals surface area contributed by atoms with E-state index in [0.29, 0.717) is 32.4 Å². The lowest BCUT2D eigenvalue weighted by Gasteiger charge is -2.39. The maximum atomic E-state index is 12.6. The second-order valence-electron chi connectivity index (χ2n) is 7.19. The second kappa shape index (κ2) is 6.51. The number of carbonyl (C=O) groups excluding carboxylic acids is 1.